The Hall–Kier alpha value is -2.88. The third-order valence-corrected chi connectivity index (χ3v) is 3.20. The number of aldehydes is 3. The molecule has 0 spiro atoms. The van der Waals surface area contributed by atoms with Crippen molar-refractivity contribution >= 4 is 40.7 Å². The van der Waals surface area contributed by atoms with Gasteiger partial charge in [0.2, 0.25) is 0 Å². The smallest absolute Gasteiger partial charge is 0.150 e. The van der Waals surface area contributed by atoms with Gasteiger partial charge in [0.1, 0.15) is 12.6 Å². The maximum atomic E-state index is 11.1. The predicted octanol–water partition coefficient (Wildman–Crippen LogP) is 2.83. The molecule has 4 heteroatoms. The second-order valence-electron chi connectivity index (χ2n) is 4.47. The van der Waals surface area contributed by atoms with Crippen molar-refractivity contribution in [3.8, 4) is 0 Å². The van der Waals surface area contributed by atoms with Gasteiger partial charge in [-0.15, -0.1) is 0 Å². The molecule has 1 aromatic heterocycles. The maximum absolute atomic E-state index is 11.1. The number of benzene rings is 2. The van der Waals surface area contributed by atoms with Crippen LogP contribution in [0.5, 0.6) is 0 Å². The fraction of sp³-hybridized carbons (Fsp3) is 0. The second kappa shape index (κ2) is 4.66. The number of rotatable bonds is 3. The minimum Gasteiger partial charge on any atom is -0.298 e. The lowest BCUT2D eigenvalue weighted by molar-refractivity contribution is 0.111. The summed E-state index contributed by atoms with van der Waals surface area (Å²) in [6.45, 7) is 0. The average Bonchev–Trinajstić information content (AvgIpc) is 2.51. The molecule has 0 aliphatic carbocycles. The highest BCUT2D eigenvalue weighted by molar-refractivity contribution is 6.04. The minimum absolute atomic E-state index is 0.413. The second-order valence-corrected chi connectivity index (χ2v) is 4.47. The molecule has 0 amide bonds. The molecule has 4 nitrogen and oxygen atoms in total. The number of hydrogen-bond donors (Lipinski definition) is 0. The summed E-state index contributed by atoms with van der Waals surface area (Å²) in [5, 5.41) is 1.45. The van der Waals surface area contributed by atoms with E-state index < -0.39 is 0 Å². The van der Waals surface area contributed by atoms with Gasteiger partial charge in [0, 0.05) is 27.5 Å². The van der Waals surface area contributed by atoms with Crippen LogP contribution in [0.4, 0.5) is 0 Å². The first-order chi connectivity index (χ1) is 9.75. The average molecular weight is 263 g/mol. The van der Waals surface area contributed by atoms with E-state index in [-0.39, 0.29) is 0 Å². The molecular weight excluding hydrogens is 254 g/mol. The summed E-state index contributed by atoms with van der Waals surface area (Å²) in [7, 11) is 0. The van der Waals surface area contributed by atoms with E-state index in [1.165, 1.54) is 6.07 Å². The summed E-state index contributed by atoms with van der Waals surface area (Å²) in [4.78, 5) is 37.3. The molecule has 2 aromatic carbocycles. The Bertz CT molecular complexity index is 868. The van der Waals surface area contributed by atoms with Crippen molar-refractivity contribution < 1.29 is 14.4 Å². The van der Waals surface area contributed by atoms with Gasteiger partial charge in [-0.25, -0.2) is 4.98 Å². The van der Waals surface area contributed by atoms with Crippen molar-refractivity contribution in [1.82, 2.24) is 4.98 Å². The number of carbonyl (C=O) groups is 3. The first-order valence-corrected chi connectivity index (χ1v) is 5.99. The van der Waals surface area contributed by atoms with E-state index in [1.807, 2.05) is 6.07 Å². The highest BCUT2D eigenvalue weighted by Crippen LogP contribution is 2.23. The van der Waals surface area contributed by atoms with Gasteiger partial charge in [-0.3, -0.25) is 14.4 Å². The van der Waals surface area contributed by atoms with Crippen LogP contribution >= 0.6 is 0 Å². The first kappa shape index (κ1) is 12.2. The van der Waals surface area contributed by atoms with Crippen LogP contribution in [0.15, 0.2) is 36.4 Å². The van der Waals surface area contributed by atoms with Gasteiger partial charge >= 0.3 is 0 Å². The van der Waals surface area contributed by atoms with Crippen molar-refractivity contribution in [2.24, 2.45) is 0 Å². The van der Waals surface area contributed by atoms with Gasteiger partial charge in [0.15, 0.2) is 6.29 Å². The SMILES string of the molecule is O=Cc1ccc2nc3cc(C=O)cc(C=O)c3cc2c1. The number of pyridine rings is 1. The zero-order valence-corrected chi connectivity index (χ0v) is 10.4. The quantitative estimate of drug-likeness (QED) is 0.538. The molecule has 96 valence electrons. The Labute approximate surface area is 114 Å². The molecule has 20 heavy (non-hydrogen) atoms. The highest BCUT2D eigenvalue weighted by atomic mass is 16.1. The van der Waals surface area contributed by atoms with Crippen LogP contribution in [0.2, 0.25) is 0 Å². The van der Waals surface area contributed by atoms with Crippen LogP contribution < -0.4 is 0 Å². The van der Waals surface area contributed by atoms with Gasteiger partial charge in [-0.1, -0.05) is 0 Å². The lowest BCUT2D eigenvalue weighted by atomic mass is 10.0. The Morgan fingerprint density at radius 3 is 2.25 bits per heavy atom. The third kappa shape index (κ3) is 1.87. The number of hydrogen-bond acceptors (Lipinski definition) is 4. The maximum Gasteiger partial charge on any atom is 0.150 e. The molecule has 0 atom stereocenters. The van der Waals surface area contributed by atoms with Crippen molar-refractivity contribution in [1.29, 1.82) is 0 Å². The van der Waals surface area contributed by atoms with Crippen LogP contribution in [-0.4, -0.2) is 23.8 Å². The summed E-state index contributed by atoms with van der Waals surface area (Å²) in [5.41, 5.74) is 2.67. The molecule has 0 radical (unpaired) electrons. The molecule has 3 rings (SSSR count). The van der Waals surface area contributed by atoms with E-state index in [0.29, 0.717) is 45.7 Å². The summed E-state index contributed by atoms with van der Waals surface area (Å²) >= 11 is 0. The summed E-state index contributed by atoms with van der Waals surface area (Å²) in [5.74, 6) is 0. The van der Waals surface area contributed by atoms with Gasteiger partial charge in [0.05, 0.1) is 11.0 Å². The van der Waals surface area contributed by atoms with E-state index in [0.717, 1.165) is 11.7 Å². The van der Waals surface area contributed by atoms with E-state index in [9.17, 15) is 14.4 Å². The minimum atomic E-state index is 0.413. The Morgan fingerprint density at radius 1 is 0.750 bits per heavy atom. The number of nitrogens with zero attached hydrogens (tertiary/aromatic N) is 1. The van der Waals surface area contributed by atoms with E-state index >= 15 is 0 Å². The fourth-order valence-electron chi connectivity index (χ4n) is 2.25. The normalized spacial score (nSPS) is 10.6. The predicted molar refractivity (Wildman–Crippen MR) is 75.4 cm³/mol. The monoisotopic (exact) mass is 263 g/mol. The Morgan fingerprint density at radius 2 is 1.55 bits per heavy atom. The zero-order chi connectivity index (χ0) is 14.1. The molecule has 0 aliphatic rings. The van der Waals surface area contributed by atoms with Crippen molar-refractivity contribution in [2.75, 3.05) is 0 Å². The standard InChI is InChI=1S/C16H9NO3/c18-7-10-1-2-15-12(3-10)6-14-13(9-20)4-11(8-19)5-16(14)17-15/h1-9H. The third-order valence-electron chi connectivity index (χ3n) is 3.20. The summed E-state index contributed by atoms with van der Waals surface area (Å²) in [6, 6.07) is 10.1. The first-order valence-electron chi connectivity index (χ1n) is 5.99. The van der Waals surface area contributed by atoms with E-state index in [1.54, 1.807) is 24.3 Å². The van der Waals surface area contributed by atoms with Crippen LogP contribution in [0.1, 0.15) is 31.1 Å². The van der Waals surface area contributed by atoms with Crippen LogP contribution in [0.3, 0.4) is 0 Å². The molecule has 0 N–H and O–H groups in total. The topological polar surface area (TPSA) is 64.1 Å². The van der Waals surface area contributed by atoms with Crippen molar-refractivity contribution in [3.63, 3.8) is 0 Å². The molecule has 0 saturated carbocycles. The zero-order valence-electron chi connectivity index (χ0n) is 10.4. The number of carbonyl (C=O) groups excluding carboxylic acids is 3. The summed E-state index contributed by atoms with van der Waals surface area (Å²) < 4.78 is 0. The van der Waals surface area contributed by atoms with Gasteiger partial charge in [-0.05, 0) is 36.4 Å². The molecule has 0 aliphatic heterocycles. The van der Waals surface area contributed by atoms with Gasteiger partial charge < -0.3 is 0 Å². The van der Waals surface area contributed by atoms with Crippen molar-refractivity contribution in [2.45, 2.75) is 0 Å². The van der Waals surface area contributed by atoms with Gasteiger partial charge in [-0.2, -0.15) is 0 Å². The molecule has 0 saturated heterocycles. The number of aromatic nitrogens is 1. The number of fused-ring (bicyclic) bond motifs is 2. The van der Waals surface area contributed by atoms with E-state index in [4.69, 9.17) is 0 Å². The van der Waals surface area contributed by atoms with Crippen molar-refractivity contribution in [3.05, 3.63) is 53.1 Å². The molecule has 0 unspecified atom stereocenters. The lowest BCUT2D eigenvalue weighted by Gasteiger charge is -2.05. The lowest BCUT2D eigenvalue weighted by Crippen LogP contribution is -1.92. The van der Waals surface area contributed by atoms with Crippen LogP contribution in [0.25, 0.3) is 21.8 Å². The molecule has 0 bridgehead atoms. The fourth-order valence-corrected chi connectivity index (χ4v) is 2.25. The highest BCUT2D eigenvalue weighted by Gasteiger charge is 2.07. The molecule has 3 aromatic rings. The van der Waals surface area contributed by atoms with Crippen LogP contribution in [0, 0.1) is 0 Å². The summed E-state index contributed by atoms with van der Waals surface area (Å²) in [6.07, 6.45) is 2.15. The van der Waals surface area contributed by atoms with Crippen LogP contribution in [-0.2, 0) is 0 Å². The molecule has 0 fully saturated rings. The largest absolute Gasteiger partial charge is 0.298 e. The Kier molecular flexibility index (Phi) is 2.84. The molecule has 1 heterocycles. The molecular formula is C16H9NO3. The van der Waals surface area contributed by atoms with E-state index in [2.05, 4.69) is 4.98 Å². The Balaban J connectivity index is 2.43. The van der Waals surface area contributed by atoms with Gasteiger partial charge in [0.25, 0.3) is 0 Å².